The van der Waals surface area contributed by atoms with Gasteiger partial charge in [0.2, 0.25) is 11.7 Å². The molecule has 0 spiro atoms. The quantitative estimate of drug-likeness (QED) is 0.565. The molecule has 2 atom stereocenters. The fourth-order valence-electron chi connectivity index (χ4n) is 4.17. The molecule has 3 fully saturated rings. The van der Waals surface area contributed by atoms with Crippen molar-refractivity contribution in [2.45, 2.75) is 44.2 Å². The van der Waals surface area contributed by atoms with Crippen LogP contribution in [0.25, 0.3) is 0 Å². The SMILES string of the molecule is O=C(NC[C@@H]1CC[C@H](CC(=O)N2CCOCC2)N1CC1CC1)c1n[nH]c(=O)[nH]1. The second kappa shape index (κ2) is 8.44. The van der Waals surface area contributed by atoms with E-state index >= 15 is 0 Å². The van der Waals surface area contributed by atoms with Gasteiger partial charge >= 0.3 is 5.69 Å². The van der Waals surface area contributed by atoms with E-state index in [4.69, 9.17) is 4.74 Å². The van der Waals surface area contributed by atoms with E-state index < -0.39 is 11.6 Å². The maximum Gasteiger partial charge on any atom is 0.341 e. The van der Waals surface area contributed by atoms with Crippen molar-refractivity contribution in [1.82, 2.24) is 30.3 Å². The van der Waals surface area contributed by atoms with Crippen molar-refractivity contribution in [3.63, 3.8) is 0 Å². The highest BCUT2D eigenvalue weighted by atomic mass is 16.5. The first-order valence-electron chi connectivity index (χ1n) is 10.1. The predicted molar refractivity (Wildman–Crippen MR) is 99.8 cm³/mol. The molecule has 1 aromatic rings. The third kappa shape index (κ3) is 4.61. The van der Waals surface area contributed by atoms with Crippen molar-refractivity contribution in [2.24, 2.45) is 5.92 Å². The first-order chi connectivity index (χ1) is 13.6. The lowest BCUT2D eigenvalue weighted by Crippen LogP contribution is -2.47. The average Bonchev–Trinajstić information content (AvgIpc) is 3.30. The van der Waals surface area contributed by atoms with Crippen LogP contribution in [0.5, 0.6) is 0 Å². The van der Waals surface area contributed by atoms with Crippen LogP contribution in [-0.4, -0.2) is 88.3 Å². The number of rotatable bonds is 7. The van der Waals surface area contributed by atoms with Crippen molar-refractivity contribution in [1.29, 1.82) is 0 Å². The van der Waals surface area contributed by atoms with E-state index in [1.807, 2.05) is 4.90 Å². The lowest BCUT2D eigenvalue weighted by atomic mass is 10.1. The van der Waals surface area contributed by atoms with E-state index in [1.54, 1.807) is 0 Å². The molecule has 0 radical (unpaired) electrons. The molecule has 0 unspecified atom stereocenters. The monoisotopic (exact) mass is 392 g/mol. The number of carbonyl (C=O) groups excluding carboxylic acids is 2. The molecule has 0 bridgehead atoms. The average molecular weight is 392 g/mol. The van der Waals surface area contributed by atoms with Gasteiger partial charge in [-0.15, -0.1) is 5.10 Å². The van der Waals surface area contributed by atoms with Gasteiger partial charge in [-0.25, -0.2) is 9.89 Å². The molecule has 2 aliphatic heterocycles. The summed E-state index contributed by atoms with van der Waals surface area (Å²) >= 11 is 0. The Morgan fingerprint density at radius 3 is 2.57 bits per heavy atom. The highest BCUT2D eigenvalue weighted by Crippen LogP contribution is 2.35. The molecule has 1 saturated carbocycles. The number of nitrogens with one attached hydrogen (secondary N) is 3. The molecule has 1 aromatic heterocycles. The standard InChI is InChI=1S/C18H28N6O4/c25-15(23-5-7-28-8-6-23)9-13-3-4-14(24(13)11-12-1-2-12)10-19-17(26)16-20-18(27)22-21-16/h12-14H,1-11H2,(H,19,26)(H2,20,21,22,27)/t13-,14+/m1/s1. The Kier molecular flexibility index (Phi) is 5.77. The van der Waals surface area contributed by atoms with Gasteiger partial charge in [0.25, 0.3) is 5.91 Å². The summed E-state index contributed by atoms with van der Waals surface area (Å²) in [4.78, 5) is 42.7. The summed E-state index contributed by atoms with van der Waals surface area (Å²) in [5, 5.41) is 8.73. The summed E-state index contributed by atoms with van der Waals surface area (Å²) in [5.41, 5.74) is -0.497. The molecule has 3 aliphatic rings. The highest BCUT2D eigenvalue weighted by Gasteiger charge is 2.38. The number of amides is 2. The van der Waals surface area contributed by atoms with Crippen molar-refractivity contribution < 1.29 is 14.3 Å². The number of likely N-dealkylation sites (tertiary alicyclic amines) is 1. The number of aromatic nitrogens is 3. The van der Waals surface area contributed by atoms with Crippen LogP contribution < -0.4 is 11.0 Å². The summed E-state index contributed by atoms with van der Waals surface area (Å²) in [6.45, 7) is 4.06. The molecule has 2 amide bonds. The van der Waals surface area contributed by atoms with Crippen molar-refractivity contribution >= 4 is 11.8 Å². The Balaban J connectivity index is 1.33. The van der Waals surface area contributed by atoms with Gasteiger partial charge in [0.05, 0.1) is 13.2 Å². The second-order valence-electron chi connectivity index (χ2n) is 7.96. The van der Waals surface area contributed by atoms with Crippen LogP contribution in [0, 0.1) is 5.92 Å². The summed E-state index contributed by atoms with van der Waals surface area (Å²) in [5.74, 6) is 0.515. The third-order valence-electron chi connectivity index (χ3n) is 5.93. The molecule has 2 saturated heterocycles. The molecule has 10 nitrogen and oxygen atoms in total. The number of H-pyrrole nitrogens is 2. The Bertz CT molecular complexity index is 751. The molecule has 154 valence electrons. The van der Waals surface area contributed by atoms with Crippen molar-refractivity contribution in [3.05, 3.63) is 16.3 Å². The van der Waals surface area contributed by atoms with Crippen LogP contribution in [-0.2, 0) is 9.53 Å². The summed E-state index contributed by atoms with van der Waals surface area (Å²) in [6.07, 6.45) is 4.93. The van der Waals surface area contributed by atoms with Gasteiger partial charge in [0.15, 0.2) is 0 Å². The van der Waals surface area contributed by atoms with Gasteiger partial charge in [0.1, 0.15) is 0 Å². The lowest BCUT2D eigenvalue weighted by molar-refractivity contribution is -0.136. The minimum atomic E-state index is -0.497. The van der Waals surface area contributed by atoms with Gasteiger partial charge in [-0.3, -0.25) is 19.5 Å². The number of nitrogens with zero attached hydrogens (tertiary/aromatic N) is 3. The molecule has 3 heterocycles. The van der Waals surface area contributed by atoms with Gasteiger partial charge in [-0.1, -0.05) is 0 Å². The molecule has 4 rings (SSSR count). The molecular weight excluding hydrogens is 364 g/mol. The summed E-state index contributed by atoms with van der Waals surface area (Å²) in [7, 11) is 0. The molecular formula is C18H28N6O4. The molecule has 10 heteroatoms. The molecule has 28 heavy (non-hydrogen) atoms. The van der Waals surface area contributed by atoms with Gasteiger partial charge in [-0.2, -0.15) is 0 Å². The van der Waals surface area contributed by atoms with E-state index in [1.165, 1.54) is 12.8 Å². The topological polar surface area (TPSA) is 123 Å². The Morgan fingerprint density at radius 1 is 1.14 bits per heavy atom. The maximum absolute atomic E-state index is 12.7. The van der Waals surface area contributed by atoms with Crippen LogP contribution in [0.1, 0.15) is 42.7 Å². The van der Waals surface area contributed by atoms with E-state index in [0.717, 1.165) is 19.4 Å². The number of aromatic amines is 2. The second-order valence-corrected chi connectivity index (χ2v) is 7.96. The van der Waals surface area contributed by atoms with E-state index in [-0.39, 0.29) is 23.8 Å². The minimum Gasteiger partial charge on any atom is -0.378 e. The lowest BCUT2D eigenvalue weighted by Gasteiger charge is -2.32. The zero-order valence-corrected chi connectivity index (χ0v) is 16.0. The summed E-state index contributed by atoms with van der Waals surface area (Å²) < 4.78 is 5.34. The van der Waals surface area contributed by atoms with E-state index in [9.17, 15) is 14.4 Å². The van der Waals surface area contributed by atoms with Crippen molar-refractivity contribution in [3.8, 4) is 0 Å². The van der Waals surface area contributed by atoms with E-state index in [0.29, 0.717) is 45.2 Å². The summed E-state index contributed by atoms with van der Waals surface area (Å²) in [6, 6.07) is 0.431. The predicted octanol–water partition coefficient (Wildman–Crippen LogP) is -0.680. The van der Waals surface area contributed by atoms with Crippen LogP contribution in [0.2, 0.25) is 0 Å². The van der Waals surface area contributed by atoms with Crippen LogP contribution in [0.4, 0.5) is 0 Å². The third-order valence-corrected chi connectivity index (χ3v) is 5.93. The Morgan fingerprint density at radius 2 is 1.89 bits per heavy atom. The minimum absolute atomic E-state index is 0.00390. The van der Waals surface area contributed by atoms with Crippen LogP contribution in [0.15, 0.2) is 4.79 Å². The molecule has 0 aromatic carbocycles. The zero-order chi connectivity index (χ0) is 19.5. The number of hydrogen-bond acceptors (Lipinski definition) is 6. The van der Waals surface area contributed by atoms with Gasteiger partial charge in [-0.05, 0) is 31.6 Å². The number of hydrogen-bond donors (Lipinski definition) is 3. The normalized spacial score (nSPS) is 25.8. The number of carbonyl (C=O) groups is 2. The molecule has 3 N–H and O–H groups in total. The highest BCUT2D eigenvalue weighted by molar-refractivity contribution is 5.90. The van der Waals surface area contributed by atoms with Crippen LogP contribution in [0.3, 0.4) is 0 Å². The zero-order valence-electron chi connectivity index (χ0n) is 16.0. The fourth-order valence-corrected chi connectivity index (χ4v) is 4.17. The van der Waals surface area contributed by atoms with Crippen LogP contribution >= 0.6 is 0 Å². The Labute approximate surface area is 163 Å². The van der Waals surface area contributed by atoms with E-state index in [2.05, 4.69) is 25.4 Å². The van der Waals surface area contributed by atoms with Crippen molar-refractivity contribution in [2.75, 3.05) is 39.4 Å². The number of ether oxygens (including phenoxy) is 1. The Hall–Kier alpha value is -2.20. The molecule has 1 aliphatic carbocycles. The fraction of sp³-hybridized carbons (Fsp3) is 0.778. The first kappa shape index (κ1) is 19.1. The first-order valence-corrected chi connectivity index (χ1v) is 10.1. The number of morpholine rings is 1. The maximum atomic E-state index is 12.7. The van der Waals surface area contributed by atoms with Gasteiger partial charge < -0.3 is 15.0 Å². The largest absolute Gasteiger partial charge is 0.378 e. The smallest absolute Gasteiger partial charge is 0.341 e. The van der Waals surface area contributed by atoms with Gasteiger partial charge in [0, 0.05) is 44.7 Å².